The third-order valence-corrected chi connectivity index (χ3v) is 5.70. The van der Waals surface area contributed by atoms with E-state index in [9.17, 15) is 0 Å². The molecule has 0 atom stereocenters. The number of nitrogens with one attached hydrogen (secondary N) is 1. The first-order valence-electron chi connectivity index (χ1n) is 8.43. The molecular weight excluding hydrogens is 541 g/mol. The molecule has 0 amide bonds. The van der Waals surface area contributed by atoms with E-state index in [1.807, 2.05) is 60.7 Å². The van der Waals surface area contributed by atoms with Crippen LogP contribution in [0.25, 0.3) is 10.9 Å². The van der Waals surface area contributed by atoms with E-state index < -0.39 is 0 Å². The van der Waals surface area contributed by atoms with E-state index in [2.05, 4.69) is 47.1 Å². The summed E-state index contributed by atoms with van der Waals surface area (Å²) in [5.74, 6) is 1.34. The van der Waals surface area contributed by atoms with Gasteiger partial charge in [-0.3, -0.25) is 0 Å². The van der Waals surface area contributed by atoms with Crippen molar-refractivity contribution >= 4 is 78.3 Å². The highest BCUT2D eigenvalue weighted by Gasteiger charge is 2.08. The fourth-order valence-corrected chi connectivity index (χ4v) is 3.73. The number of rotatable bonds is 5. The van der Waals surface area contributed by atoms with E-state index in [0.717, 1.165) is 31.1 Å². The van der Waals surface area contributed by atoms with Crippen molar-refractivity contribution in [2.24, 2.45) is 0 Å². The van der Waals surface area contributed by atoms with Crippen molar-refractivity contribution < 1.29 is 4.74 Å². The molecular formula is C21H15Br2Cl2N3O. The topological polar surface area (TPSA) is 47.0 Å². The maximum atomic E-state index is 6.43. The predicted octanol–water partition coefficient (Wildman–Crippen LogP) is 7.55. The number of hydrogen-bond acceptors (Lipinski definition) is 4. The first-order chi connectivity index (χ1) is 13.6. The van der Waals surface area contributed by atoms with Crippen molar-refractivity contribution in [3.63, 3.8) is 0 Å². The van der Waals surface area contributed by atoms with E-state index in [4.69, 9.17) is 16.3 Å². The van der Waals surface area contributed by atoms with Gasteiger partial charge in [0, 0.05) is 25.6 Å². The Kier molecular flexibility index (Phi) is 7.35. The minimum atomic E-state index is 0. The number of fused-ring (bicyclic) bond motifs is 1. The summed E-state index contributed by atoms with van der Waals surface area (Å²) in [4.78, 5) is 8.65. The van der Waals surface area contributed by atoms with Crippen LogP contribution in [0.3, 0.4) is 0 Å². The van der Waals surface area contributed by atoms with Crippen LogP contribution in [-0.2, 0) is 6.61 Å². The first-order valence-corrected chi connectivity index (χ1v) is 10.4. The fraction of sp³-hybridized carbons (Fsp3) is 0.0476. The summed E-state index contributed by atoms with van der Waals surface area (Å²) in [6.07, 6.45) is 1.54. The van der Waals surface area contributed by atoms with Crippen molar-refractivity contribution in [1.29, 1.82) is 0 Å². The monoisotopic (exact) mass is 553 g/mol. The molecule has 0 fully saturated rings. The zero-order valence-corrected chi connectivity index (χ0v) is 19.6. The molecule has 0 saturated heterocycles. The number of nitrogens with zero attached hydrogens (tertiary/aromatic N) is 2. The number of halogens is 4. The quantitative estimate of drug-likeness (QED) is 0.276. The third kappa shape index (κ3) is 5.20. The van der Waals surface area contributed by atoms with Crippen LogP contribution in [0, 0.1) is 0 Å². The lowest BCUT2D eigenvalue weighted by Crippen LogP contribution is -1.99. The molecule has 148 valence electrons. The van der Waals surface area contributed by atoms with E-state index >= 15 is 0 Å². The van der Waals surface area contributed by atoms with Crippen LogP contribution in [0.5, 0.6) is 5.75 Å². The van der Waals surface area contributed by atoms with Gasteiger partial charge in [-0.25, -0.2) is 9.97 Å². The zero-order valence-electron chi connectivity index (χ0n) is 14.9. The number of aromatic nitrogens is 2. The Labute approximate surface area is 196 Å². The van der Waals surface area contributed by atoms with E-state index in [-0.39, 0.29) is 12.4 Å². The minimum absolute atomic E-state index is 0. The largest absolute Gasteiger partial charge is 0.487 e. The smallest absolute Gasteiger partial charge is 0.141 e. The van der Waals surface area contributed by atoms with Crippen LogP contribution in [0.4, 0.5) is 11.5 Å². The van der Waals surface area contributed by atoms with Crippen LogP contribution in [-0.4, -0.2) is 9.97 Å². The van der Waals surface area contributed by atoms with Crippen molar-refractivity contribution in [3.8, 4) is 5.75 Å². The van der Waals surface area contributed by atoms with Crippen molar-refractivity contribution in [2.75, 3.05) is 5.32 Å². The highest BCUT2D eigenvalue weighted by atomic mass is 79.9. The van der Waals surface area contributed by atoms with Gasteiger partial charge in [0.1, 0.15) is 24.5 Å². The second kappa shape index (κ2) is 9.76. The molecule has 4 aromatic rings. The lowest BCUT2D eigenvalue weighted by Gasteiger charge is -2.12. The van der Waals surface area contributed by atoms with Gasteiger partial charge in [-0.1, -0.05) is 61.7 Å². The normalized spacial score (nSPS) is 10.4. The molecule has 0 aliphatic rings. The molecule has 3 aromatic carbocycles. The van der Waals surface area contributed by atoms with Gasteiger partial charge in [0.25, 0.3) is 0 Å². The van der Waals surface area contributed by atoms with Crippen molar-refractivity contribution in [1.82, 2.24) is 9.97 Å². The molecule has 4 nitrogen and oxygen atoms in total. The molecule has 0 aliphatic heterocycles. The van der Waals surface area contributed by atoms with Crippen molar-refractivity contribution in [2.45, 2.75) is 6.61 Å². The molecule has 0 spiro atoms. The SMILES string of the molecule is Cl.Clc1cc(Nc2ncnc3ccc(Br)cc23)ccc1OCc1ccccc1Br. The first kappa shape index (κ1) is 21.8. The molecule has 1 N–H and O–H groups in total. The Bertz CT molecular complexity index is 1160. The Morgan fingerprint density at radius 3 is 2.59 bits per heavy atom. The van der Waals surface area contributed by atoms with Gasteiger partial charge in [-0.05, 0) is 42.5 Å². The molecule has 29 heavy (non-hydrogen) atoms. The predicted molar refractivity (Wildman–Crippen MR) is 128 cm³/mol. The van der Waals surface area contributed by atoms with E-state index in [1.54, 1.807) is 0 Å². The van der Waals surface area contributed by atoms with Gasteiger partial charge in [-0.2, -0.15) is 0 Å². The van der Waals surface area contributed by atoms with Gasteiger partial charge < -0.3 is 10.1 Å². The highest BCUT2D eigenvalue weighted by Crippen LogP contribution is 2.32. The molecule has 0 aliphatic carbocycles. The van der Waals surface area contributed by atoms with Crippen LogP contribution in [0.15, 0.2) is 75.9 Å². The maximum absolute atomic E-state index is 6.43. The van der Waals surface area contributed by atoms with Crippen LogP contribution in [0.1, 0.15) is 5.56 Å². The van der Waals surface area contributed by atoms with Crippen LogP contribution >= 0.6 is 55.9 Å². The number of ether oxygens (including phenoxy) is 1. The number of anilines is 2. The average molecular weight is 556 g/mol. The van der Waals surface area contributed by atoms with Crippen molar-refractivity contribution in [3.05, 3.63) is 86.5 Å². The molecule has 1 heterocycles. The van der Waals surface area contributed by atoms with Gasteiger partial charge in [0.2, 0.25) is 0 Å². The maximum Gasteiger partial charge on any atom is 0.141 e. The molecule has 4 rings (SSSR count). The summed E-state index contributed by atoms with van der Waals surface area (Å²) in [5, 5.41) is 4.75. The zero-order chi connectivity index (χ0) is 19.5. The lowest BCUT2D eigenvalue weighted by molar-refractivity contribution is 0.305. The molecule has 0 saturated carbocycles. The van der Waals surface area contributed by atoms with E-state index in [0.29, 0.717) is 23.2 Å². The summed E-state index contributed by atoms with van der Waals surface area (Å²) < 4.78 is 7.84. The summed E-state index contributed by atoms with van der Waals surface area (Å²) in [5.41, 5.74) is 2.73. The molecule has 0 bridgehead atoms. The Balaban J connectivity index is 0.00000240. The minimum Gasteiger partial charge on any atom is -0.487 e. The second-order valence-corrected chi connectivity index (χ2v) is 8.21. The highest BCUT2D eigenvalue weighted by molar-refractivity contribution is 9.10. The third-order valence-electron chi connectivity index (χ3n) is 4.13. The fourth-order valence-electron chi connectivity index (χ4n) is 2.73. The summed E-state index contributed by atoms with van der Waals surface area (Å²) in [7, 11) is 0. The Morgan fingerprint density at radius 1 is 0.966 bits per heavy atom. The number of hydrogen-bond donors (Lipinski definition) is 1. The molecule has 1 aromatic heterocycles. The average Bonchev–Trinajstić information content (AvgIpc) is 2.69. The Morgan fingerprint density at radius 2 is 1.79 bits per heavy atom. The van der Waals surface area contributed by atoms with E-state index in [1.165, 1.54) is 6.33 Å². The second-order valence-electron chi connectivity index (χ2n) is 6.03. The van der Waals surface area contributed by atoms with Gasteiger partial charge in [0.05, 0.1) is 10.5 Å². The summed E-state index contributed by atoms with van der Waals surface area (Å²) in [6, 6.07) is 19.4. The van der Waals surface area contributed by atoms with Crippen LogP contribution in [0.2, 0.25) is 5.02 Å². The van der Waals surface area contributed by atoms with Gasteiger partial charge in [-0.15, -0.1) is 12.4 Å². The number of benzene rings is 3. The van der Waals surface area contributed by atoms with Crippen LogP contribution < -0.4 is 10.1 Å². The van der Waals surface area contributed by atoms with Gasteiger partial charge >= 0.3 is 0 Å². The summed E-state index contributed by atoms with van der Waals surface area (Å²) in [6.45, 7) is 0.429. The molecule has 0 unspecified atom stereocenters. The Hall–Kier alpha value is -1.86. The van der Waals surface area contributed by atoms with Gasteiger partial charge in [0.15, 0.2) is 0 Å². The molecule has 8 heteroatoms. The lowest BCUT2D eigenvalue weighted by atomic mass is 10.2. The standard InChI is InChI=1S/C21H14Br2ClN3O.ClH/c22-14-5-7-19-16(9-14)21(26-12-25-19)27-15-6-8-20(18(24)10-15)28-11-13-3-1-2-4-17(13)23;/h1-10,12H,11H2,(H,25,26,27);1H. The summed E-state index contributed by atoms with van der Waals surface area (Å²) >= 11 is 13.4. The molecule has 0 radical (unpaired) electrons.